The zero-order valence-corrected chi connectivity index (χ0v) is 11.0. The molecule has 3 heterocycles. The van der Waals surface area contributed by atoms with Gasteiger partial charge in [-0.25, -0.2) is 4.98 Å². The Bertz CT molecular complexity index is 505. The molecule has 1 aromatic heterocycles. The first-order valence-electron chi connectivity index (χ1n) is 6.78. The summed E-state index contributed by atoms with van der Waals surface area (Å²) >= 11 is 0. The molecule has 0 radical (unpaired) electrons. The molecule has 0 saturated carbocycles. The number of anilines is 1. The molecule has 2 atom stereocenters. The second kappa shape index (κ2) is 4.77. The number of pyridine rings is 1. The second-order valence-corrected chi connectivity index (χ2v) is 5.36. The van der Waals surface area contributed by atoms with E-state index in [1.54, 1.807) is 6.07 Å². The summed E-state index contributed by atoms with van der Waals surface area (Å²) in [5, 5.41) is 14.4. The molecule has 2 aliphatic rings. The molecule has 6 nitrogen and oxygen atoms in total. The topological polar surface area (TPSA) is 71.3 Å². The molecule has 0 aromatic carbocycles. The third-order valence-corrected chi connectivity index (χ3v) is 4.14. The average Bonchev–Trinajstić information content (AvgIpc) is 2.94. The van der Waals surface area contributed by atoms with Crippen molar-refractivity contribution in [3.63, 3.8) is 0 Å². The highest BCUT2D eigenvalue weighted by molar-refractivity contribution is 5.57. The van der Waals surface area contributed by atoms with Crippen molar-refractivity contribution in [1.29, 1.82) is 0 Å². The Morgan fingerprint density at radius 3 is 3.05 bits per heavy atom. The van der Waals surface area contributed by atoms with Crippen molar-refractivity contribution in [3.8, 4) is 0 Å². The zero-order chi connectivity index (χ0) is 13.4. The van der Waals surface area contributed by atoms with Crippen molar-refractivity contribution in [2.45, 2.75) is 38.3 Å². The van der Waals surface area contributed by atoms with Crippen molar-refractivity contribution in [2.24, 2.45) is 0 Å². The van der Waals surface area contributed by atoms with Crippen LogP contribution >= 0.6 is 0 Å². The maximum atomic E-state index is 11.0. The lowest BCUT2D eigenvalue weighted by atomic mass is 10.1. The molecule has 2 aliphatic heterocycles. The maximum absolute atomic E-state index is 11.0. The zero-order valence-electron chi connectivity index (χ0n) is 11.0. The summed E-state index contributed by atoms with van der Waals surface area (Å²) in [5.74, 6) is 0.420. The molecule has 3 rings (SSSR count). The van der Waals surface area contributed by atoms with E-state index in [2.05, 4.69) is 15.2 Å². The molecule has 1 aromatic rings. The molecule has 2 fully saturated rings. The molecule has 19 heavy (non-hydrogen) atoms. The van der Waals surface area contributed by atoms with Crippen LogP contribution in [0.15, 0.2) is 12.1 Å². The minimum absolute atomic E-state index is 0.0713. The van der Waals surface area contributed by atoms with Gasteiger partial charge in [-0.05, 0) is 38.8 Å². The van der Waals surface area contributed by atoms with E-state index in [1.807, 2.05) is 6.92 Å². The number of nitrogens with one attached hydrogen (secondary N) is 1. The lowest BCUT2D eigenvalue weighted by Crippen LogP contribution is -2.34. The number of aryl methyl sites for hydroxylation is 1. The molecule has 2 unspecified atom stereocenters. The Morgan fingerprint density at radius 1 is 1.42 bits per heavy atom. The van der Waals surface area contributed by atoms with Gasteiger partial charge in [0.25, 0.3) is 0 Å². The fourth-order valence-electron chi connectivity index (χ4n) is 3.23. The fraction of sp³-hybridized carbons (Fsp3) is 0.615. The molecule has 0 aliphatic carbocycles. The number of hydrogen-bond acceptors (Lipinski definition) is 5. The van der Waals surface area contributed by atoms with E-state index < -0.39 is 0 Å². The standard InChI is InChI=1S/C13H18N4O2/c1-9-4-5-12(17(18)19)13(14-9)15-10-6-8-16-7-2-3-11(10)16/h4-5,10-11H,2-3,6-8H2,1H3,(H,14,15). The van der Waals surface area contributed by atoms with Crippen LogP contribution in [0.25, 0.3) is 0 Å². The second-order valence-electron chi connectivity index (χ2n) is 5.36. The van der Waals surface area contributed by atoms with E-state index in [9.17, 15) is 10.1 Å². The van der Waals surface area contributed by atoms with Gasteiger partial charge in [0.15, 0.2) is 0 Å². The van der Waals surface area contributed by atoms with Crippen LogP contribution in [0.1, 0.15) is 25.0 Å². The number of nitro groups is 1. The predicted octanol–water partition coefficient (Wildman–Crippen LogP) is 1.95. The number of fused-ring (bicyclic) bond motifs is 1. The van der Waals surface area contributed by atoms with E-state index in [0.717, 1.165) is 25.2 Å². The quantitative estimate of drug-likeness (QED) is 0.666. The van der Waals surface area contributed by atoms with Gasteiger partial charge < -0.3 is 5.32 Å². The van der Waals surface area contributed by atoms with Crippen molar-refractivity contribution in [3.05, 3.63) is 27.9 Å². The Hall–Kier alpha value is -1.69. The van der Waals surface area contributed by atoms with E-state index >= 15 is 0 Å². The van der Waals surface area contributed by atoms with Crippen LogP contribution in [-0.4, -0.2) is 40.0 Å². The summed E-state index contributed by atoms with van der Waals surface area (Å²) in [6.45, 7) is 4.10. The summed E-state index contributed by atoms with van der Waals surface area (Å²) in [6, 6.07) is 4.02. The van der Waals surface area contributed by atoms with Gasteiger partial charge in [0.1, 0.15) is 0 Å². The van der Waals surface area contributed by atoms with Crippen LogP contribution in [0.2, 0.25) is 0 Å². The Balaban J connectivity index is 1.83. The van der Waals surface area contributed by atoms with E-state index in [-0.39, 0.29) is 16.7 Å². The van der Waals surface area contributed by atoms with Gasteiger partial charge in [-0.2, -0.15) is 0 Å². The normalized spacial score (nSPS) is 26.4. The van der Waals surface area contributed by atoms with Crippen molar-refractivity contribution >= 4 is 11.5 Å². The lowest BCUT2D eigenvalue weighted by Gasteiger charge is -2.21. The predicted molar refractivity (Wildman–Crippen MR) is 72.3 cm³/mol. The first kappa shape index (κ1) is 12.3. The van der Waals surface area contributed by atoms with Crippen molar-refractivity contribution in [2.75, 3.05) is 18.4 Å². The summed E-state index contributed by atoms with van der Waals surface area (Å²) in [5.41, 5.74) is 0.872. The largest absolute Gasteiger partial charge is 0.360 e. The van der Waals surface area contributed by atoms with Crippen molar-refractivity contribution < 1.29 is 4.92 Å². The minimum atomic E-state index is -0.365. The number of rotatable bonds is 3. The maximum Gasteiger partial charge on any atom is 0.311 e. The van der Waals surface area contributed by atoms with Crippen molar-refractivity contribution in [1.82, 2.24) is 9.88 Å². The lowest BCUT2D eigenvalue weighted by molar-refractivity contribution is -0.384. The summed E-state index contributed by atoms with van der Waals surface area (Å²) in [6.07, 6.45) is 3.45. The molecule has 102 valence electrons. The van der Waals surface area contributed by atoms with Gasteiger partial charge in [-0.1, -0.05) is 0 Å². The van der Waals surface area contributed by atoms with Crippen LogP contribution < -0.4 is 5.32 Å². The van der Waals surface area contributed by atoms with Crippen LogP contribution in [-0.2, 0) is 0 Å². The molecular formula is C13H18N4O2. The van der Waals surface area contributed by atoms with E-state index in [1.165, 1.54) is 18.9 Å². The highest BCUT2D eigenvalue weighted by Gasteiger charge is 2.38. The van der Waals surface area contributed by atoms with Gasteiger partial charge in [0.2, 0.25) is 5.82 Å². The fourth-order valence-corrected chi connectivity index (χ4v) is 3.23. The number of hydrogen-bond donors (Lipinski definition) is 1. The average molecular weight is 262 g/mol. The molecular weight excluding hydrogens is 244 g/mol. The van der Waals surface area contributed by atoms with Gasteiger partial charge in [0, 0.05) is 30.4 Å². The summed E-state index contributed by atoms with van der Waals surface area (Å²) in [4.78, 5) is 17.5. The smallest absolute Gasteiger partial charge is 0.311 e. The highest BCUT2D eigenvalue weighted by Crippen LogP contribution is 2.32. The monoisotopic (exact) mass is 262 g/mol. The van der Waals surface area contributed by atoms with Gasteiger partial charge >= 0.3 is 5.69 Å². The third-order valence-electron chi connectivity index (χ3n) is 4.14. The first-order valence-corrected chi connectivity index (χ1v) is 6.78. The van der Waals surface area contributed by atoms with E-state index in [4.69, 9.17) is 0 Å². The molecule has 6 heteroatoms. The summed E-state index contributed by atoms with van der Waals surface area (Å²) < 4.78 is 0. The third kappa shape index (κ3) is 2.28. The Kier molecular flexibility index (Phi) is 3.10. The van der Waals surface area contributed by atoms with Crippen LogP contribution in [0.3, 0.4) is 0 Å². The van der Waals surface area contributed by atoms with Crippen LogP contribution in [0.5, 0.6) is 0 Å². The summed E-state index contributed by atoms with van der Waals surface area (Å²) in [7, 11) is 0. The molecule has 2 saturated heterocycles. The van der Waals surface area contributed by atoms with E-state index in [0.29, 0.717) is 11.9 Å². The Morgan fingerprint density at radius 2 is 2.26 bits per heavy atom. The molecule has 0 spiro atoms. The highest BCUT2D eigenvalue weighted by atomic mass is 16.6. The van der Waals surface area contributed by atoms with Gasteiger partial charge in [-0.15, -0.1) is 0 Å². The van der Waals surface area contributed by atoms with Gasteiger partial charge in [0.05, 0.1) is 4.92 Å². The number of aromatic nitrogens is 1. The van der Waals surface area contributed by atoms with Crippen LogP contribution in [0, 0.1) is 17.0 Å². The minimum Gasteiger partial charge on any atom is -0.360 e. The molecule has 0 amide bonds. The first-order chi connectivity index (χ1) is 9.15. The van der Waals surface area contributed by atoms with Gasteiger partial charge in [-0.3, -0.25) is 15.0 Å². The molecule has 1 N–H and O–H groups in total. The Labute approximate surface area is 112 Å². The molecule has 0 bridgehead atoms. The van der Waals surface area contributed by atoms with Crippen LogP contribution in [0.4, 0.5) is 11.5 Å². The SMILES string of the molecule is Cc1ccc([N+](=O)[O-])c(NC2CCN3CCCC23)n1. The number of nitrogens with zero attached hydrogens (tertiary/aromatic N) is 3.